The van der Waals surface area contributed by atoms with Gasteiger partial charge in [0.1, 0.15) is 0 Å². The number of likely N-dealkylation sites (tertiary alicyclic amines) is 1. The summed E-state index contributed by atoms with van der Waals surface area (Å²) in [5.41, 5.74) is 8.26. The van der Waals surface area contributed by atoms with E-state index in [1.54, 1.807) is 0 Å². The summed E-state index contributed by atoms with van der Waals surface area (Å²) < 4.78 is 0. The van der Waals surface area contributed by atoms with Crippen molar-refractivity contribution in [1.29, 1.82) is 0 Å². The Labute approximate surface area is 190 Å². The molecule has 31 heavy (non-hydrogen) atoms. The van der Waals surface area contributed by atoms with Crippen molar-refractivity contribution in [2.45, 2.75) is 72.3 Å². The molecule has 0 bridgehead atoms. The molecular weight excluding hydrogens is 376 g/mol. The number of benzene rings is 1. The first kappa shape index (κ1) is 23.2. The number of nitrogens with one attached hydrogen (secondary N) is 1. The standard InChI is InChI=1S/C29H40N2/c1-8-26(25(6)31-19-13-18-29(7)17-12-11-16-28(29)31)22(3)20-23(4)30-24(5)27-15-10-9-14-21(27)2/h8-10,14-15,20,28,30H,1,5-6,11-13,16-19H2,2-4,7H3/b23-20+,26-22+. The van der Waals surface area contributed by atoms with E-state index in [0.717, 1.165) is 34.8 Å². The van der Waals surface area contributed by atoms with Crippen molar-refractivity contribution in [3.63, 3.8) is 0 Å². The first-order valence-electron chi connectivity index (χ1n) is 11.8. The maximum Gasteiger partial charge on any atom is 0.0385 e. The molecule has 0 spiro atoms. The molecule has 2 unspecified atom stereocenters. The average molecular weight is 417 g/mol. The zero-order valence-electron chi connectivity index (χ0n) is 20.1. The molecule has 2 heteroatoms. The quantitative estimate of drug-likeness (QED) is 0.462. The van der Waals surface area contributed by atoms with Crippen molar-refractivity contribution in [2.75, 3.05) is 6.54 Å². The van der Waals surface area contributed by atoms with Crippen LogP contribution in [0.15, 0.2) is 78.7 Å². The highest BCUT2D eigenvalue weighted by Gasteiger charge is 2.42. The van der Waals surface area contributed by atoms with Gasteiger partial charge in [0, 0.05) is 35.2 Å². The number of fused-ring (bicyclic) bond motifs is 1. The van der Waals surface area contributed by atoms with E-state index in [9.17, 15) is 0 Å². The van der Waals surface area contributed by atoms with Crippen molar-refractivity contribution in [2.24, 2.45) is 5.41 Å². The van der Waals surface area contributed by atoms with Gasteiger partial charge in [-0.3, -0.25) is 0 Å². The molecule has 0 radical (unpaired) electrons. The second-order valence-electron chi connectivity index (χ2n) is 9.71. The molecule has 2 atom stereocenters. The molecule has 1 heterocycles. The van der Waals surface area contributed by atoms with Gasteiger partial charge in [0.25, 0.3) is 0 Å². The molecule has 1 saturated heterocycles. The SMILES string of the molecule is C=C/C(C(=C)N1CCCC2(C)CCCCC12)=C(C)\C=C(/C)NC(=C)c1ccccc1C. The molecule has 1 saturated carbocycles. The smallest absolute Gasteiger partial charge is 0.0385 e. The average Bonchev–Trinajstić information content (AvgIpc) is 2.73. The van der Waals surface area contributed by atoms with Crippen LogP contribution in [0, 0.1) is 12.3 Å². The number of piperidine rings is 1. The van der Waals surface area contributed by atoms with Crippen LogP contribution in [0.2, 0.25) is 0 Å². The Morgan fingerprint density at radius 1 is 1.13 bits per heavy atom. The third-order valence-electron chi connectivity index (χ3n) is 7.34. The van der Waals surface area contributed by atoms with Crippen molar-refractivity contribution in [3.8, 4) is 0 Å². The summed E-state index contributed by atoms with van der Waals surface area (Å²) in [6, 6.07) is 8.94. The fraction of sp³-hybridized carbons (Fsp3) is 0.448. The van der Waals surface area contributed by atoms with E-state index in [2.05, 4.69) is 88.0 Å². The van der Waals surface area contributed by atoms with E-state index < -0.39 is 0 Å². The van der Waals surface area contributed by atoms with Crippen LogP contribution in [0.25, 0.3) is 5.70 Å². The van der Waals surface area contributed by atoms with Crippen LogP contribution in [-0.4, -0.2) is 17.5 Å². The van der Waals surface area contributed by atoms with Gasteiger partial charge in [-0.05, 0) is 74.7 Å². The summed E-state index contributed by atoms with van der Waals surface area (Å²) in [6.45, 7) is 22.9. The molecule has 2 nitrogen and oxygen atoms in total. The Balaban J connectivity index is 1.79. The number of aryl methyl sites for hydroxylation is 1. The summed E-state index contributed by atoms with van der Waals surface area (Å²) in [5, 5.41) is 3.47. The largest absolute Gasteiger partial charge is 0.368 e. The Morgan fingerprint density at radius 3 is 2.55 bits per heavy atom. The number of rotatable bonds is 7. The number of nitrogens with zero attached hydrogens (tertiary/aromatic N) is 1. The van der Waals surface area contributed by atoms with Crippen LogP contribution in [0.3, 0.4) is 0 Å². The highest BCUT2D eigenvalue weighted by Crippen LogP contribution is 2.47. The zero-order valence-corrected chi connectivity index (χ0v) is 20.1. The number of hydrogen-bond donors (Lipinski definition) is 1. The van der Waals surface area contributed by atoms with Crippen molar-refractivity contribution in [3.05, 3.63) is 89.8 Å². The lowest BCUT2D eigenvalue weighted by Gasteiger charge is -2.53. The van der Waals surface area contributed by atoms with Crippen LogP contribution in [-0.2, 0) is 0 Å². The van der Waals surface area contributed by atoms with Crippen LogP contribution in [0.5, 0.6) is 0 Å². The fourth-order valence-corrected chi connectivity index (χ4v) is 5.65. The zero-order chi connectivity index (χ0) is 22.6. The molecule has 0 amide bonds. The predicted octanol–water partition coefficient (Wildman–Crippen LogP) is 7.52. The second kappa shape index (κ2) is 9.77. The molecule has 1 aromatic carbocycles. The van der Waals surface area contributed by atoms with Crippen LogP contribution < -0.4 is 5.32 Å². The summed E-state index contributed by atoms with van der Waals surface area (Å²) in [7, 11) is 0. The first-order chi connectivity index (χ1) is 14.8. The van der Waals surface area contributed by atoms with E-state index in [1.807, 2.05) is 6.08 Å². The molecule has 1 aliphatic carbocycles. The minimum atomic E-state index is 0.429. The minimum absolute atomic E-state index is 0.429. The van der Waals surface area contributed by atoms with Gasteiger partial charge in [-0.25, -0.2) is 0 Å². The summed E-state index contributed by atoms with van der Waals surface area (Å²) in [5.74, 6) is 0. The lowest BCUT2D eigenvalue weighted by atomic mass is 9.66. The highest BCUT2D eigenvalue weighted by atomic mass is 15.2. The van der Waals surface area contributed by atoms with Gasteiger partial charge in [0.2, 0.25) is 0 Å². The van der Waals surface area contributed by atoms with Crippen molar-refractivity contribution < 1.29 is 0 Å². The van der Waals surface area contributed by atoms with Gasteiger partial charge in [-0.2, -0.15) is 0 Å². The maximum atomic E-state index is 4.55. The Morgan fingerprint density at radius 2 is 1.84 bits per heavy atom. The van der Waals surface area contributed by atoms with Crippen LogP contribution >= 0.6 is 0 Å². The topological polar surface area (TPSA) is 15.3 Å². The third kappa shape index (κ3) is 5.06. The first-order valence-corrected chi connectivity index (χ1v) is 11.8. The van der Waals surface area contributed by atoms with Gasteiger partial charge in [-0.1, -0.05) is 69.8 Å². The van der Waals surface area contributed by atoms with E-state index in [4.69, 9.17) is 0 Å². The van der Waals surface area contributed by atoms with Crippen molar-refractivity contribution in [1.82, 2.24) is 10.2 Å². The number of allylic oxidation sites excluding steroid dienone is 4. The fourth-order valence-electron chi connectivity index (χ4n) is 5.65. The molecule has 166 valence electrons. The van der Waals surface area contributed by atoms with E-state index >= 15 is 0 Å². The third-order valence-corrected chi connectivity index (χ3v) is 7.34. The summed E-state index contributed by atoms with van der Waals surface area (Å²) in [4.78, 5) is 2.59. The maximum absolute atomic E-state index is 4.55. The normalized spacial score (nSPS) is 24.7. The number of hydrogen-bond acceptors (Lipinski definition) is 2. The molecule has 3 rings (SSSR count). The van der Waals surface area contributed by atoms with Crippen LogP contribution in [0.4, 0.5) is 0 Å². The monoisotopic (exact) mass is 416 g/mol. The predicted molar refractivity (Wildman–Crippen MR) is 135 cm³/mol. The van der Waals surface area contributed by atoms with Gasteiger partial charge in [-0.15, -0.1) is 0 Å². The highest BCUT2D eigenvalue weighted by molar-refractivity contribution is 5.66. The van der Waals surface area contributed by atoms with Crippen LogP contribution in [0.1, 0.15) is 70.4 Å². The lowest BCUT2D eigenvalue weighted by molar-refractivity contribution is 0.0164. The molecule has 1 N–H and O–H groups in total. The second-order valence-corrected chi connectivity index (χ2v) is 9.71. The molecular formula is C29H40N2. The molecule has 1 aromatic rings. The van der Waals surface area contributed by atoms with Gasteiger partial charge in [0.05, 0.1) is 0 Å². The lowest BCUT2D eigenvalue weighted by Crippen LogP contribution is -2.52. The van der Waals surface area contributed by atoms with E-state index in [-0.39, 0.29) is 0 Å². The van der Waals surface area contributed by atoms with Gasteiger partial charge >= 0.3 is 0 Å². The molecule has 2 fully saturated rings. The Bertz CT molecular complexity index is 912. The Kier molecular flexibility index (Phi) is 7.30. The van der Waals surface area contributed by atoms with Gasteiger partial charge < -0.3 is 10.2 Å². The molecule has 2 aliphatic rings. The molecule has 1 aliphatic heterocycles. The Hall–Kier alpha value is -2.48. The molecule has 0 aromatic heterocycles. The van der Waals surface area contributed by atoms with E-state index in [0.29, 0.717) is 11.5 Å². The van der Waals surface area contributed by atoms with Crippen molar-refractivity contribution >= 4 is 5.70 Å². The van der Waals surface area contributed by atoms with Gasteiger partial charge in [0.15, 0.2) is 0 Å². The van der Waals surface area contributed by atoms with E-state index in [1.165, 1.54) is 49.7 Å². The summed E-state index contributed by atoms with van der Waals surface area (Å²) in [6.07, 6.45) is 12.1. The minimum Gasteiger partial charge on any atom is -0.368 e. The summed E-state index contributed by atoms with van der Waals surface area (Å²) >= 11 is 0.